The van der Waals surface area contributed by atoms with E-state index in [2.05, 4.69) is 20.4 Å². The fraction of sp³-hybridized carbons (Fsp3) is 0.350. The molecule has 144 valence electrons. The third-order valence-electron chi connectivity index (χ3n) is 4.96. The Labute approximate surface area is 163 Å². The number of pyridine rings is 1. The molecule has 0 N–H and O–H groups in total. The number of amides is 1. The first-order chi connectivity index (χ1) is 13.7. The van der Waals surface area contributed by atoms with Gasteiger partial charge in [-0.3, -0.25) is 9.78 Å². The van der Waals surface area contributed by atoms with Crippen molar-refractivity contribution in [3.05, 3.63) is 54.4 Å². The van der Waals surface area contributed by atoms with Crippen molar-refractivity contribution in [1.82, 2.24) is 30.1 Å². The Morgan fingerprint density at radius 3 is 2.86 bits per heavy atom. The van der Waals surface area contributed by atoms with Gasteiger partial charge in [0.2, 0.25) is 11.7 Å². The molecule has 3 aromatic rings. The van der Waals surface area contributed by atoms with Gasteiger partial charge in [0.25, 0.3) is 0 Å². The number of benzene rings is 1. The van der Waals surface area contributed by atoms with Gasteiger partial charge in [-0.05, 0) is 47.9 Å². The topological polar surface area (TPSA) is 86.0 Å². The largest absolute Gasteiger partial charge is 0.497 e. The Hall–Kier alpha value is -3.29. The van der Waals surface area contributed by atoms with Gasteiger partial charge in [-0.15, -0.1) is 10.2 Å². The number of carbonyl (C=O) groups is 1. The number of hydrogen-bond donors (Lipinski definition) is 0. The smallest absolute Gasteiger partial charge is 0.227 e. The molecule has 1 aliphatic rings. The molecule has 0 radical (unpaired) electrons. The quantitative estimate of drug-likeness (QED) is 0.652. The van der Waals surface area contributed by atoms with Crippen LogP contribution in [0.5, 0.6) is 5.75 Å². The maximum Gasteiger partial charge on any atom is 0.227 e. The van der Waals surface area contributed by atoms with E-state index in [4.69, 9.17) is 4.74 Å². The molecule has 0 bridgehead atoms. The highest BCUT2D eigenvalue weighted by molar-refractivity contribution is 5.79. The molecule has 0 spiro atoms. The average molecular weight is 378 g/mol. The highest BCUT2D eigenvalue weighted by atomic mass is 16.5. The summed E-state index contributed by atoms with van der Waals surface area (Å²) in [6, 6.07) is 11.4. The maximum atomic E-state index is 12.8. The minimum atomic E-state index is 0.0849. The predicted octanol–water partition coefficient (Wildman–Crippen LogP) is 1.98. The molecule has 0 aliphatic carbocycles. The van der Waals surface area contributed by atoms with Gasteiger partial charge >= 0.3 is 0 Å². The molecule has 28 heavy (non-hydrogen) atoms. The number of likely N-dealkylation sites (tertiary alicyclic amines) is 1. The second kappa shape index (κ2) is 8.16. The molecule has 4 rings (SSSR count). The summed E-state index contributed by atoms with van der Waals surface area (Å²) in [5, 5.41) is 12.7. The second-order valence-corrected chi connectivity index (χ2v) is 6.82. The number of methoxy groups -OCH3 is 1. The number of hydrogen-bond acceptors (Lipinski definition) is 6. The van der Waals surface area contributed by atoms with Crippen LogP contribution in [0.25, 0.3) is 11.4 Å². The van der Waals surface area contributed by atoms with Crippen LogP contribution in [-0.4, -0.2) is 55.7 Å². The van der Waals surface area contributed by atoms with E-state index in [1.54, 1.807) is 24.3 Å². The summed E-state index contributed by atoms with van der Waals surface area (Å²) in [6.45, 7) is 1.31. The van der Waals surface area contributed by atoms with Crippen molar-refractivity contribution in [2.24, 2.45) is 0 Å². The van der Waals surface area contributed by atoms with Crippen LogP contribution in [0.1, 0.15) is 18.4 Å². The predicted molar refractivity (Wildman–Crippen MR) is 102 cm³/mol. The van der Waals surface area contributed by atoms with Crippen molar-refractivity contribution >= 4 is 5.91 Å². The van der Waals surface area contributed by atoms with Gasteiger partial charge in [-0.25, -0.2) is 0 Å². The Bertz CT molecular complexity index is 925. The van der Waals surface area contributed by atoms with E-state index in [1.807, 2.05) is 41.3 Å². The van der Waals surface area contributed by atoms with Crippen LogP contribution in [-0.2, 0) is 17.8 Å². The lowest BCUT2D eigenvalue weighted by molar-refractivity contribution is -0.131. The van der Waals surface area contributed by atoms with E-state index in [9.17, 15) is 4.79 Å². The van der Waals surface area contributed by atoms with E-state index in [0.717, 1.165) is 36.3 Å². The highest BCUT2D eigenvalue weighted by Gasteiger charge is 2.29. The molecular weight excluding hydrogens is 356 g/mol. The van der Waals surface area contributed by atoms with Gasteiger partial charge in [-0.1, -0.05) is 12.1 Å². The molecule has 1 atom stereocenters. The molecule has 1 aliphatic heterocycles. The zero-order valence-corrected chi connectivity index (χ0v) is 15.7. The minimum Gasteiger partial charge on any atom is -0.497 e. The van der Waals surface area contributed by atoms with E-state index in [0.29, 0.717) is 18.8 Å². The molecule has 8 nitrogen and oxygen atoms in total. The fourth-order valence-electron chi connectivity index (χ4n) is 3.49. The van der Waals surface area contributed by atoms with Crippen LogP contribution in [0.2, 0.25) is 0 Å². The Morgan fingerprint density at radius 1 is 1.25 bits per heavy atom. The highest BCUT2D eigenvalue weighted by Crippen LogP contribution is 2.21. The van der Waals surface area contributed by atoms with Crippen molar-refractivity contribution in [2.45, 2.75) is 31.8 Å². The molecule has 0 saturated carbocycles. The number of rotatable bonds is 6. The number of aromatic nitrogens is 5. The molecular formula is C20H22N6O2. The standard InChI is InChI=1S/C20H22N6O2/c1-28-18-8-6-15(7-9-18)12-19(27)25-11-3-5-17(25)14-26-23-20(22-24-26)16-4-2-10-21-13-16/h2,4,6-10,13,17H,3,5,11-12,14H2,1H3/t17-/m0/s1. The number of ether oxygens (including phenoxy) is 1. The van der Waals surface area contributed by atoms with Crippen LogP contribution in [0.3, 0.4) is 0 Å². The molecule has 1 aromatic carbocycles. The molecule has 0 unspecified atom stereocenters. The van der Waals surface area contributed by atoms with Crippen LogP contribution in [0, 0.1) is 0 Å². The van der Waals surface area contributed by atoms with Gasteiger partial charge in [0.1, 0.15) is 5.75 Å². The fourth-order valence-corrected chi connectivity index (χ4v) is 3.49. The van der Waals surface area contributed by atoms with Crippen LogP contribution >= 0.6 is 0 Å². The Balaban J connectivity index is 1.40. The SMILES string of the molecule is COc1ccc(CC(=O)N2CCC[C@H]2Cn2nnc(-c3cccnc3)n2)cc1. The van der Waals surface area contributed by atoms with Crippen molar-refractivity contribution in [2.75, 3.05) is 13.7 Å². The first-order valence-electron chi connectivity index (χ1n) is 9.33. The van der Waals surface area contributed by atoms with Gasteiger partial charge in [0, 0.05) is 24.5 Å². The van der Waals surface area contributed by atoms with E-state index in [1.165, 1.54) is 0 Å². The zero-order valence-electron chi connectivity index (χ0n) is 15.7. The second-order valence-electron chi connectivity index (χ2n) is 6.82. The number of tetrazole rings is 1. The molecule has 1 fully saturated rings. The minimum absolute atomic E-state index is 0.0849. The molecule has 3 heterocycles. The van der Waals surface area contributed by atoms with Crippen molar-refractivity contribution in [3.63, 3.8) is 0 Å². The van der Waals surface area contributed by atoms with Crippen molar-refractivity contribution in [3.8, 4) is 17.1 Å². The first-order valence-corrected chi connectivity index (χ1v) is 9.33. The Kier molecular flexibility index (Phi) is 5.27. The van der Waals surface area contributed by atoms with Crippen molar-refractivity contribution in [1.29, 1.82) is 0 Å². The summed E-state index contributed by atoms with van der Waals surface area (Å²) in [6.07, 6.45) is 5.73. The summed E-state index contributed by atoms with van der Waals surface area (Å²) < 4.78 is 5.17. The number of carbonyl (C=O) groups excluding carboxylic acids is 1. The van der Waals surface area contributed by atoms with Gasteiger partial charge in [-0.2, -0.15) is 4.80 Å². The average Bonchev–Trinajstić information content (AvgIpc) is 3.39. The lowest BCUT2D eigenvalue weighted by atomic mass is 10.1. The summed E-state index contributed by atoms with van der Waals surface area (Å²) in [5.74, 6) is 1.46. The van der Waals surface area contributed by atoms with Crippen LogP contribution < -0.4 is 4.74 Å². The molecule has 1 saturated heterocycles. The summed E-state index contributed by atoms with van der Waals surface area (Å²) in [7, 11) is 1.63. The van der Waals surface area contributed by atoms with Crippen molar-refractivity contribution < 1.29 is 9.53 Å². The summed E-state index contributed by atoms with van der Waals surface area (Å²) in [4.78, 5) is 20.4. The van der Waals surface area contributed by atoms with Crippen LogP contribution in [0.4, 0.5) is 0 Å². The summed E-state index contributed by atoms with van der Waals surface area (Å²) in [5.41, 5.74) is 1.81. The Morgan fingerprint density at radius 2 is 2.11 bits per heavy atom. The van der Waals surface area contributed by atoms with Crippen LogP contribution in [0.15, 0.2) is 48.8 Å². The zero-order chi connectivity index (χ0) is 19.3. The third-order valence-corrected chi connectivity index (χ3v) is 4.96. The summed E-state index contributed by atoms with van der Waals surface area (Å²) >= 11 is 0. The third kappa shape index (κ3) is 4.00. The van der Waals surface area contributed by atoms with Gasteiger partial charge < -0.3 is 9.64 Å². The van der Waals surface area contributed by atoms with E-state index >= 15 is 0 Å². The van der Waals surface area contributed by atoms with E-state index in [-0.39, 0.29) is 11.9 Å². The molecule has 1 amide bonds. The lowest BCUT2D eigenvalue weighted by Gasteiger charge is -2.24. The lowest BCUT2D eigenvalue weighted by Crippen LogP contribution is -2.39. The van der Waals surface area contributed by atoms with Gasteiger partial charge in [0.05, 0.1) is 26.1 Å². The monoisotopic (exact) mass is 378 g/mol. The number of nitrogens with zero attached hydrogens (tertiary/aromatic N) is 6. The maximum absolute atomic E-state index is 12.8. The molecule has 8 heteroatoms. The van der Waals surface area contributed by atoms with Gasteiger partial charge in [0.15, 0.2) is 0 Å². The molecule has 2 aromatic heterocycles. The van der Waals surface area contributed by atoms with E-state index < -0.39 is 0 Å². The first kappa shape index (κ1) is 18.1. The normalized spacial score (nSPS) is 16.3.